The summed E-state index contributed by atoms with van der Waals surface area (Å²) < 4.78 is 0. The topological polar surface area (TPSA) is 44.4 Å². The Labute approximate surface area is 122 Å². The van der Waals surface area contributed by atoms with E-state index >= 15 is 0 Å². The lowest BCUT2D eigenvalue weighted by Crippen LogP contribution is -2.37. The maximum atomic E-state index is 11.9. The Morgan fingerprint density at radius 1 is 1.20 bits per heavy atom. The molecule has 0 aromatic heterocycles. The Morgan fingerprint density at radius 3 is 2.45 bits per heavy atom. The van der Waals surface area contributed by atoms with Gasteiger partial charge in [0.1, 0.15) is 0 Å². The summed E-state index contributed by atoms with van der Waals surface area (Å²) in [5.41, 5.74) is 2.05. The third-order valence-corrected chi connectivity index (χ3v) is 3.44. The molecule has 2 N–H and O–H groups in total. The second-order valence-corrected chi connectivity index (χ2v) is 5.15. The zero-order chi connectivity index (χ0) is 15.0. The van der Waals surface area contributed by atoms with Gasteiger partial charge in [0.15, 0.2) is 0 Å². The number of anilines is 1. The number of carbonyl (C=O) groups excluding carboxylic acids is 1. The Bertz CT molecular complexity index is 414. The van der Waals surface area contributed by atoms with Crippen LogP contribution >= 0.6 is 0 Å². The number of nitrogens with one attached hydrogen (secondary N) is 2. The van der Waals surface area contributed by atoms with Crippen LogP contribution in [0.4, 0.5) is 10.5 Å². The van der Waals surface area contributed by atoms with Gasteiger partial charge in [0.25, 0.3) is 0 Å². The van der Waals surface area contributed by atoms with E-state index in [1.54, 1.807) is 0 Å². The van der Waals surface area contributed by atoms with Crippen molar-refractivity contribution >= 4 is 11.7 Å². The lowest BCUT2D eigenvalue weighted by molar-refractivity contribution is 0.248. The van der Waals surface area contributed by atoms with Crippen LogP contribution < -0.4 is 10.6 Å². The van der Waals surface area contributed by atoms with Gasteiger partial charge in [-0.25, -0.2) is 4.79 Å². The van der Waals surface area contributed by atoms with Gasteiger partial charge < -0.3 is 15.5 Å². The van der Waals surface area contributed by atoms with Crippen LogP contribution in [-0.2, 0) is 0 Å². The van der Waals surface area contributed by atoms with Crippen molar-refractivity contribution in [3.63, 3.8) is 0 Å². The minimum atomic E-state index is -0.134. The van der Waals surface area contributed by atoms with Crippen molar-refractivity contribution in [1.82, 2.24) is 10.2 Å². The lowest BCUT2D eigenvalue weighted by atomic mass is 10.0. The minimum Gasteiger partial charge on any atom is -0.337 e. The van der Waals surface area contributed by atoms with Crippen molar-refractivity contribution in [2.45, 2.75) is 33.6 Å². The van der Waals surface area contributed by atoms with Crippen LogP contribution in [0.1, 0.15) is 39.2 Å². The highest BCUT2D eigenvalue weighted by molar-refractivity contribution is 5.90. The molecule has 112 valence electrons. The fraction of sp³-hybridized carbons (Fsp3) is 0.562. The second kappa shape index (κ2) is 8.59. The van der Waals surface area contributed by atoms with Crippen molar-refractivity contribution in [3.05, 3.63) is 29.8 Å². The normalized spacial score (nSPS) is 10.9. The molecule has 1 aromatic carbocycles. The van der Waals surface area contributed by atoms with Gasteiger partial charge >= 0.3 is 6.03 Å². The van der Waals surface area contributed by atoms with E-state index in [-0.39, 0.29) is 6.03 Å². The molecule has 2 amide bonds. The first-order valence-corrected chi connectivity index (χ1v) is 7.44. The van der Waals surface area contributed by atoms with Crippen molar-refractivity contribution in [2.75, 3.05) is 31.5 Å². The van der Waals surface area contributed by atoms with Gasteiger partial charge in [0.2, 0.25) is 0 Å². The number of rotatable bonds is 7. The van der Waals surface area contributed by atoms with Crippen LogP contribution in [0.2, 0.25) is 0 Å². The molecule has 0 atom stereocenters. The molecule has 0 saturated heterocycles. The van der Waals surface area contributed by atoms with Crippen LogP contribution in [0, 0.1) is 0 Å². The summed E-state index contributed by atoms with van der Waals surface area (Å²) in [4.78, 5) is 14.2. The first kappa shape index (κ1) is 16.5. The molecule has 1 aromatic rings. The predicted molar refractivity (Wildman–Crippen MR) is 85.3 cm³/mol. The van der Waals surface area contributed by atoms with Crippen molar-refractivity contribution in [1.29, 1.82) is 0 Å². The molecule has 0 fully saturated rings. The number of likely N-dealkylation sites (N-methyl/N-ethyl adjacent to an activating group) is 1. The highest BCUT2D eigenvalue weighted by Crippen LogP contribution is 2.23. The average Bonchev–Trinajstić information content (AvgIpc) is 2.44. The molecule has 0 radical (unpaired) electrons. The molecule has 0 aliphatic heterocycles. The summed E-state index contributed by atoms with van der Waals surface area (Å²) in [5.74, 6) is 0.391. The maximum absolute atomic E-state index is 11.9. The number of hydrogen-bond acceptors (Lipinski definition) is 2. The Morgan fingerprint density at radius 2 is 1.85 bits per heavy atom. The average molecular weight is 277 g/mol. The first-order valence-electron chi connectivity index (χ1n) is 7.44. The van der Waals surface area contributed by atoms with E-state index in [0.717, 1.165) is 30.9 Å². The molecule has 0 saturated carbocycles. The van der Waals surface area contributed by atoms with Gasteiger partial charge in [-0.2, -0.15) is 0 Å². The third kappa shape index (κ3) is 5.21. The molecule has 0 spiro atoms. The van der Waals surface area contributed by atoms with Crippen LogP contribution in [0.3, 0.4) is 0 Å². The van der Waals surface area contributed by atoms with E-state index < -0.39 is 0 Å². The van der Waals surface area contributed by atoms with E-state index in [4.69, 9.17) is 0 Å². The number of para-hydroxylation sites is 1. The minimum absolute atomic E-state index is 0.134. The van der Waals surface area contributed by atoms with Gasteiger partial charge in [-0.3, -0.25) is 0 Å². The number of urea groups is 1. The predicted octanol–water partition coefficient (Wildman–Crippen LogP) is 3.27. The van der Waals surface area contributed by atoms with Gasteiger partial charge in [-0.15, -0.1) is 0 Å². The van der Waals surface area contributed by atoms with Gasteiger partial charge in [0, 0.05) is 18.8 Å². The molecular formula is C16H27N3O. The van der Waals surface area contributed by atoms with E-state index in [1.165, 1.54) is 0 Å². The van der Waals surface area contributed by atoms with E-state index in [1.807, 2.05) is 18.2 Å². The molecule has 0 unspecified atom stereocenters. The number of amides is 2. The van der Waals surface area contributed by atoms with Crippen molar-refractivity contribution in [3.8, 4) is 0 Å². The number of nitrogens with zero attached hydrogens (tertiary/aromatic N) is 1. The van der Waals surface area contributed by atoms with E-state index in [9.17, 15) is 4.79 Å². The fourth-order valence-corrected chi connectivity index (χ4v) is 2.15. The smallest absolute Gasteiger partial charge is 0.319 e. The highest BCUT2D eigenvalue weighted by atomic mass is 16.2. The Hall–Kier alpha value is -1.55. The molecule has 0 aliphatic carbocycles. The molecule has 0 heterocycles. The standard InChI is InChI=1S/C16H27N3O/c1-5-19(6-2)12-11-17-16(20)18-15-10-8-7-9-14(15)13(3)4/h7-10,13H,5-6,11-12H2,1-4H3,(H2,17,18,20). The van der Waals surface area contributed by atoms with E-state index in [2.05, 4.69) is 49.3 Å². The quantitative estimate of drug-likeness (QED) is 0.803. The number of hydrogen-bond donors (Lipinski definition) is 2. The van der Waals surface area contributed by atoms with Gasteiger partial charge in [-0.1, -0.05) is 45.9 Å². The lowest BCUT2D eigenvalue weighted by Gasteiger charge is -2.18. The zero-order valence-corrected chi connectivity index (χ0v) is 13.1. The van der Waals surface area contributed by atoms with Crippen molar-refractivity contribution < 1.29 is 4.79 Å². The SMILES string of the molecule is CCN(CC)CCNC(=O)Nc1ccccc1C(C)C. The van der Waals surface area contributed by atoms with Crippen LogP contribution in [-0.4, -0.2) is 37.1 Å². The van der Waals surface area contributed by atoms with Gasteiger partial charge in [-0.05, 0) is 30.6 Å². The van der Waals surface area contributed by atoms with Gasteiger partial charge in [0.05, 0.1) is 0 Å². The molecule has 1 rings (SSSR count). The highest BCUT2D eigenvalue weighted by Gasteiger charge is 2.08. The first-order chi connectivity index (χ1) is 9.58. The molecule has 20 heavy (non-hydrogen) atoms. The summed E-state index contributed by atoms with van der Waals surface area (Å²) >= 11 is 0. The Balaban J connectivity index is 2.47. The largest absolute Gasteiger partial charge is 0.337 e. The summed E-state index contributed by atoms with van der Waals surface area (Å²) in [6, 6.07) is 7.80. The Kier molecular flexibility index (Phi) is 7.09. The molecule has 0 bridgehead atoms. The van der Waals surface area contributed by atoms with Crippen LogP contribution in [0.15, 0.2) is 24.3 Å². The van der Waals surface area contributed by atoms with Crippen molar-refractivity contribution in [2.24, 2.45) is 0 Å². The molecular weight excluding hydrogens is 250 g/mol. The monoisotopic (exact) mass is 277 g/mol. The number of benzene rings is 1. The zero-order valence-electron chi connectivity index (χ0n) is 13.1. The summed E-state index contributed by atoms with van der Waals surface area (Å²) in [6.45, 7) is 12.1. The van der Waals surface area contributed by atoms with E-state index in [0.29, 0.717) is 12.5 Å². The summed E-state index contributed by atoms with van der Waals surface area (Å²) in [5, 5.41) is 5.84. The maximum Gasteiger partial charge on any atom is 0.319 e. The third-order valence-electron chi connectivity index (χ3n) is 3.44. The molecule has 4 heteroatoms. The fourth-order valence-electron chi connectivity index (χ4n) is 2.15. The summed E-state index contributed by atoms with van der Waals surface area (Å²) in [7, 11) is 0. The van der Waals surface area contributed by atoms with Crippen LogP contribution in [0.25, 0.3) is 0 Å². The molecule has 0 aliphatic rings. The summed E-state index contributed by atoms with van der Waals surface area (Å²) in [6.07, 6.45) is 0. The second-order valence-electron chi connectivity index (χ2n) is 5.15. The van der Waals surface area contributed by atoms with Crippen LogP contribution in [0.5, 0.6) is 0 Å². The number of carbonyl (C=O) groups is 1. The molecule has 4 nitrogen and oxygen atoms in total.